The van der Waals surface area contributed by atoms with Gasteiger partial charge in [-0.1, -0.05) is 13.8 Å². The zero-order valence-corrected chi connectivity index (χ0v) is 6.98. The highest BCUT2D eigenvalue weighted by molar-refractivity contribution is 4.91. The molecule has 1 rings (SSSR count). The van der Waals surface area contributed by atoms with Gasteiger partial charge in [0.15, 0.2) is 0 Å². The normalized spacial score (nSPS) is 36.3. The molecular formula is C8H18N2. The van der Waals surface area contributed by atoms with Crippen molar-refractivity contribution in [1.82, 2.24) is 5.32 Å². The van der Waals surface area contributed by atoms with Crippen LogP contribution in [0.5, 0.6) is 0 Å². The second-order valence-electron chi connectivity index (χ2n) is 3.60. The molecular weight excluding hydrogens is 124 g/mol. The van der Waals surface area contributed by atoms with Crippen LogP contribution in [0.3, 0.4) is 0 Å². The van der Waals surface area contributed by atoms with Crippen LogP contribution in [0.4, 0.5) is 0 Å². The molecule has 0 aromatic heterocycles. The maximum absolute atomic E-state index is 5.97. The van der Waals surface area contributed by atoms with Gasteiger partial charge in [0.05, 0.1) is 0 Å². The third kappa shape index (κ3) is 1.32. The molecule has 0 aromatic rings. The van der Waals surface area contributed by atoms with E-state index in [-0.39, 0.29) is 0 Å². The first-order chi connectivity index (χ1) is 4.69. The highest BCUT2D eigenvalue weighted by Gasteiger charge is 2.33. The minimum Gasteiger partial charge on any atom is -0.327 e. The Bertz CT molecular complexity index is 106. The summed E-state index contributed by atoms with van der Waals surface area (Å²) in [5.41, 5.74) is 6.34. The van der Waals surface area contributed by atoms with Gasteiger partial charge in [-0.05, 0) is 24.8 Å². The van der Waals surface area contributed by atoms with E-state index in [1.165, 1.54) is 6.42 Å². The Morgan fingerprint density at radius 3 is 2.80 bits per heavy atom. The number of nitrogens with one attached hydrogen (secondary N) is 1. The highest BCUT2D eigenvalue weighted by atomic mass is 14.9. The van der Waals surface area contributed by atoms with Crippen molar-refractivity contribution >= 4 is 0 Å². The van der Waals surface area contributed by atoms with Crippen LogP contribution < -0.4 is 11.1 Å². The Kier molecular flexibility index (Phi) is 2.32. The van der Waals surface area contributed by atoms with Crippen molar-refractivity contribution in [3.63, 3.8) is 0 Å². The lowest BCUT2D eigenvalue weighted by Gasteiger charge is -2.29. The molecule has 0 amide bonds. The average Bonchev–Trinajstić information content (AvgIpc) is 2.36. The van der Waals surface area contributed by atoms with Gasteiger partial charge in [-0.2, -0.15) is 0 Å². The Morgan fingerprint density at radius 1 is 1.70 bits per heavy atom. The lowest BCUT2D eigenvalue weighted by atomic mass is 9.81. The smallest absolute Gasteiger partial charge is 0.0103 e. The van der Waals surface area contributed by atoms with Gasteiger partial charge in [-0.15, -0.1) is 0 Å². The van der Waals surface area contributed by atoms with Gasteiger partial charge in [0.2, 0.25) is 0 Å². The molecule has 0 spiro atoms. The van der Waals surface area contributed by atoms with Crippen molar-refractivity contribution in [2.75, 3.05) is 13.1 Å². The Balaban J connectivity index is 2.49. The maximum atomic E-state index is 5.97. The summed E-state index contributed by atoms with van der Waals surface area (Å²) in [6.07, 6.45) is 2.33. The Labute approximate surface area is 63.2 Å². The van der Waals surface area contributed by atoms with Gasteiger partial charge in [0.25, 0.3) is 0 Å². The summed E-state index contributed by atoms with van der Waals surface area (Å²) in [5.74, 6) is 0. The minimum atomic E-state index is 0.370. The Morgan fingerprint density at radius 2 is 2.40 bits per heavy atom. The van der Waals surface area contributed by atoms with Gasteiger partial charge in [0, 0.05) is 12.6 Å². The predicted octanol–water partition coefficient (Wildman–Crippen LogP) is 0.723. The van der Waals surface area contributed by atoms with Crippen molar-refractivity contribution in [3.05, 3.63) is 0 Å². The van der Waals surface area contributed by atoms with Crippen LogP contribution in [0.1, 0.15) is 26.7 Å². The number of rotatable bonds is 2. The molecule has 2 nitrogen and oxygen atoms in total. The zero-order valence-electron chi connectivity index (χ0n) is 6.98. The molecule has 0 aliphatic carbocycles. The number of hydrogen-bond donors (Lipinski definition) is 2. The van der Waals surface area contributed by atoms with Crippen LogP contribution in [0.25, 0.3) is 0 Å². The molecule has 1 fully saturated rings. The number of hydrogen-bond acceptors (Lipinski definition) is 2. The van der Waals surface area contributed by atoms with E-state index in [0.717, 1.165) is 19.5 Å². The summed E-state index contributed by atoms with van der Waals surface area (Å²) in [4.78, 5) is 0. The molecule has 1 aliphatic heterocycles. The van der Waals surface area contributed by atoms with E-state index in [1.54, 1.807) is 0 Å². The molecule has 1 saturated heterocycles. The van der Waals surface area contributed by atoms with Crippen LogP contribution in [-0.4, -0.2) is 19.1 Å². The van der Waals surface area contributed by atoms with Gasteiger partial charge in [-0.25, -0.2) is 0 Å². The predicted molar refractivity (Wildman–Crippen MR) is 43.9 cm³/mol. The molecule has 0 radical (unpaired) electrons. The number of nitrogens with two attached hydrogens (primary N) is 1. The summed E-state index contributed by atoms with van der Waals surface area (Å²) in [7, 11) is 0. The van der Waals surface area contributed by atoms with Crippen molar-refractivity contribution < 1.29 is 0 Å². The largest absolute Gasteiger partial charge is 0.327 e. The van der Waals surface area contributed by atoms with E-state index >= 15 is 0 Å². The summed E-state index contributed by atoms with van der Waals surface area (Å²) in [6, 6.07) is 0.377. The lowest BCUT2D eigenvalue weighted by Crippen LogP contribution is -2.40. The standard InChI is InChI=1S/C8H18N2/c1-3-7(9)8(2)4-5-10-6-8/h7,10H,3-6,9H2,1-2H3/t7?,8-/m1/s1. The fourth-order valence-corrected chi connectivity index (χ4v) is 1.65. The van der Waals surface area contributed by atoms with Crippen LogP contribution in [0.15, 0.2) is 0 Å². The van der Waals surface area contributed by atoms with E-state index in [9.17, 15) is 0 Å². The SMILES string of the molecule is CCC(N)[C@]1(C)CCNC1. The van der Waals surface area contributed by atoms with E-state index in [2.05, 4.69) is 19.2 Å². The van der Waals surface area contributed by atoms with Crippen LogP contribution in [0, 0.1) is 5.41 Å². The summed E-state index contributed by atoms with van der Waals surface area (Å²) in [5, 5.41) is 3.35. The zero-order chi connectivity index (χ0) is 7.61. The van der Waals surface area contributed by atoms with E-state index in [1.807, 2.05) is 0 Å². The second-order valence-corrected chi connectivity index (χ2v) is 3.60. The topological polar surface area (TPSA) is 38.0 Å². The average molecular weight is 142 g/mol. The third-order valence-corrected chi connectivity index (χ3v) is 2.74. The molecule has 0 aromatic carbocycles. The maximum Gasteiger partial charge on any atom is 0.0103 e. The summed E-state index contributed by atoms with van der Waals surface area (Å²) in [6.45, 7) is 6.68. The lowest BCUT2D eigenvalue weighted by molar-refractivity contribution is 0.278. The molecule has 3 N–H and O–H groups in total. The van der Waals surface area contributed by atoms with E-state index in [4.69, 9.17) is 5.73 Å². The molecule has 1 heterocycles. The molecule has 10 heavy (non-hydrogen) atoms. The van der Waals surface area contributed by atoms with Gasteiger partial charge < -0.3 is 11.1 Å². The Hall–Kier alpha value is -0.0800. The summed E-state index contributed by atoms with van der Waals surface area (Å²) >= 11 is 0. The first-order valence-corrected chi connectivity index (χ1v) is 4.15. The minimum absolute atomic E-state index is 0.370. The first kappa shape index (κ1) is 8.02. The quantitative estimate of drug-likeness (QED) is 0.596. The first-order valence-electron chi connectivity index (χ1n) is 4.15. The molecule has 1 aliphatic rings. The van der Waals surface area contributed by atoms with Crippen molar-refractivity contribution in [2.24, 2.45) is 11.1 Å². The van der Waals surface area contributed by atoms with Crippen molar-refractivity contribution in [2.45, 2.75) is 32.7 Å². The van der Waals surface area contributed by atoms with Gasteiger partial charge >= 0.3 is 0 Å². The van der Waals surface area contributed by atoms with E-state index < -0.39 is 0 Å². The molecule has 60 valence electrons. The molecule has 0 bridgehead atoms. The van der Waals surface area contributed by atoms with Gasteiger partial charge in [-0.3, -0.25) is 0 Å². The fraction of sp³-hybridized carbons (Fsp3) is 1.00. The highest BCUT2D eigenvalue weighted by Crippen LogP contribution is 2.28. The van der Waals surface area contributed by atoms with Crippen molar-refractivity contribution in [1.29, 1.82) is 0 Å². The van der Waals surface area contributed by atoms with Crippen molar-refractivity contribution in [3.8, 4) is 0 Å². The third-order valence-electron chi connectivity index (χ3n) is 2.74. The fourth-order valence-electron chi connectivity index (χ4n) is 1.65. The van der Waals surface area contributed by atoms with Gasteiger partial charge in [0.1, 0.15) is 0 Å². The molecule has 2 heteroatoms. The second kappa shape index (κ2) is 2.89. The molecule has 2 atom stereocenters. The molecule has 1 unspecified atom stereocenters. The monoisotopic (exact) mass is 142 g/mol. The van der Waals surface area contributed by atoms with Crippen LogP contribution >= 0.6 is 0 Å². The summed E-state index contributed by atoms with van der Waals surface area (Å²) < 4.78 is 0. The van der Waals surface area contributed by atoms with Crippen LogP contribution in [0.2, 0.25) is 0 Å². The van der Waals surface area contributed by atoms with E-state index in [0.29, 0.717) is 11.5 Å². The molecule has 0 saturated carbocycles. The van der Waals surface area contributed by atoms with Crippen LogP contribution in [-0.2, 0) is 0 Å².